The van der Waals surface area contributed by atoms with Crippen molar-refractivity contribution in [1.29, 1.82) is 0 Å². The van der Waals surface area contributed by atoms with Crippen molar-refractivity contribution in [3.05, 3.63) is 29.8 Å². The number of piperidine rings is 1. The molecule has 13 heteroatoms. The van der Waals surface area contributed by atoms with Gasteiger partial charge in [0.2, 0.25) is 11.8 Å². The van der Waals surface area contributed by atoms with E-state index in [0.717, 1.165) is 48.9 Å². The lowest BCUT2D eigenvalue weighted by Gasteiger charge is -2.33. The summed E-state index contributed by atoms with van der Waals surface area (Å²) in [4.78, 5) is 55.1. The Morgan fingerprint density at radius 1 is 1.02 bits per heavy atom. The summed E-state index contributed by atoms with van der Waals surface area (Å²) in [5.74, 6) is 0.804. The summed E-state index contributed by atoms with van der Waals surface area (Å²) in [5.41, 5.74) is 0.372. The van der Waals surface area contributed by atoms with E-state index in [2.05, 4.69) is 10.0 Å². The predicted octanol–water partition coefficient (Wildman–Crippen LogP) is 4.78. The topological polar surface area (TPSA) is 147 Å². The average molecular weight is 677 g/mol. The van der Waals surface area contributed by atoms with Crippen molar-refractivity contribution in [3.8, 4) is 5.75 Å². The fourth-order valence-corrected chi connectivity index (χ4v) is 7.04. The molecule has 4 rings (SSSR count). The fraction of sp³-hybridized carbons (Fsp3) is 0.706. The number of ether oxygens (including phenoxy) is 3. The van der Waals surface area contributed by atoms with Gasteiger partial charge >= 0.3 is 12.2 Å². The zero-order valence-corrected chi connectivity index (χ0v) is 28.9. The minimum atomic E-state index is -0.625. The van der Waals surface area contributed by atoms with Gasteiger partial charge in [-0.3, -0.25) is 14.3 Å². The van der Waals surface area contributed by atoms with E-state index in [4.69, 9.17) is 14.2 Å². The van der Waals surface area contributed by atoms with Crippen LogP contribution in [0.15, 0.2) is 24.3 Å². The summed E-state index contributed by atoms with van der Waals surface area (Å²) in [6, 6.07) is 7.07. The minimum absolute atomic E-state index is 0.0625. The summed E-state index contributed by atoms with van der Waals surface area (Å²) < 4.78 is 19.6. The van der Waals surface area contributed by atoms with Gasteiger partial charge in [0.15, 0.2) is 0 Å². The number of carbonyl (C=O) groups excluding carboxylic acids is 4. The molecule has 1 aliphatic carbocycles. The molecule has 0 unspecified atom stereocenters. The first-order chi connectivity index (χ1) is 22.5. The summed E-state index contributed by atoms with van der Waals surface area (Å²) in [7, 11) is 0. The molecule has 1 saturated heterocycles. The van der Waals surface area contributed by atoms with E-state index in [1.54, 1.807) is 9.80 Å². The fourth-order valence-electron chi connectivity index (χ4n) is 6.21. The second-order valence-electron chi connectivity index (χ2n) is 13.7. The second kappa shape index (κ2) is 17.8. The number of hydrogen-bond acceptors (Lipinski definition) is 9. The summed E-state index contributed by atoms with van der Waals surface area (Å²) in [6.45, 7) is 7.35. The van der Waals surface area contributed by atoms with Crippen molar-refractivity contribution < 1.29 is 38.5 Å². The number of hydrogen-bond donors (Lipinski definition) is 3. The number of amides is 4. The molecule has 4 amide bonds. The van der Waals surface area contributed by atoms with Crippen molar-refractivity contribution in [1.82, 2.24) is 19.8 Å². The number of rotatable bonds is 11. The highest BCUT2D eigenvalue weighted by Gasteiger charge is 2.31. The third-order valence-corrected chi connectivity index (χ3v) is 9.77. The Bertz CT molecular complexity index is 1200. The minimum Gasteiger partial charge on any atom is -0.491 e. The molecule has 0 bridgehead atoms. The third-order valence-electron chi connectivity index (χ3n) is 8.80. The average Bonchev–Trinajstić information content (AvgIpc) is 3.27. The van der Waals surface area contributed by atoms with Crippen LogP contribution in [-0.4, -0.2) is 94.8 Å². The van der Waals surface area contributed by atoms with Gasteiger partial charge in [-0.25, -0.2) is 9.59 Å². The van der Waals surface area contributed by atoms with Crippen LogP contribution in [0, 0.1) is 5.92 Å². The predicted molar refractivity (Wildman–Crippen MR) is 179 cm³/mol. The Hall–Kier alpha value is -3.19. The van der Waals surface area contributed by atoms with Crippen LogP contribution < -0.4 is 14.8 Å². The van der Waals surface area contributed by atoms with Gasteiger partial charge in [-0.15, -0.1) is 0 Å². The highest BCUT2D eigenvalue weighted by atomic mass is 32.2. The first-order valence-corrected chi connectivity index (χ1v) is 17.9. The normalized spacial score (nSPS) is 19.0. The van der Waals surface area contributed by atoms with Crippen LogP contribution in [0.25, 0.3) is 0 Å². The van der Waals surface area contributed by atoms with Crippen LogP contribution in [0.3, 0.4) is 0 Å². The molecule has 3 N–H and O–H groups in total. The first-order valence-electron chi connectivity index (χ1n) is 17.0. The van der Waals surface area contributed by atoms with Crippen LogP contribution in [0.5, 0.6) is 5.75 Å². The number of nitrogens with zero attached hydrogens (tertiary/aromatic N) is 2. The number of fused-ring (bicyclic) bond motifs is 1. The van der Waals surface area contributed by atoms with E-state index in [9.17, 15) is 24.3 Å². The molecule has 0 aromatic heterocycles. The molecule has 2 heterocycles. The SMILES string of the molecule is CC(C)(C)OC(=O)N1CCC(OC(=O)NS[C@@H](CC2CCCCC2)C(=O)N[C@H](CO)CCC(=O)N2CCOc3ccccc3C2)CC1. The lowest BCUT2D eigenvalue weighted by Crippen LogP contribution is -2.45. The molecule has 12 nitrogen and oxygen atoms in total. The Balaban J connectivity index is 1.25. The molecule has 0 spiro atoms. The van der Waals surface area contributed by atoms with Crippen molar-refractivity contribution in [2.75, 3.05) is 32.8 Å². The molecule has 262 valence electrons. The molecule has 1 aromatic rings. The summed E-state index contributed by atoms with van der Waals surface area (Å²) in [6.07, 6.45) is 6.20. The van der Waals surface area contributed by atoms with Crippen LogP contribution >= 0.6 is 11.9 Å². The monoisotopic (exact) mass is 676 g/mol. The Kier molecular flexibility index (Phi) is 13.9. The Labute approximate surface area is 282 Å². The maximum absolute atomic E-state index is 13.5. The molecule has 3 aliphatic rings. The number of likely N-dealkylation sites (tertiary alicyclic amines) is 1. The van der Waals surface area contributed by atoms with Crippen molar-refractivity contribution >= 4 is 35.9 Å². The maximum Gasteiger partial charge on any atom is 0.417 e. The van der Waals surface area contributed by atoms with E-state index in [0.29, 0.717) is 64.4 Å². The Morgan fingerprint density at radius 3 is 2.45 bits per heavy atom. The summed E-state index contributed by atoms with van der Waals surface area (Å²) >= 11 is 1.04. The molecule has 0 radical (unpaired) electrons. The van der Waals surface area contributed by atoms with Crippen LogP contribution in [-0.2, 0) is 25.6 Å². The van der Waals surface area contributed by atoms with Crippen molar-refractivity contribution in [3.63, 3.8) is 0 Å². The quantitative estimate of drug-likeness (QED) is 0.282. The van der Waals surface area contributed by atoms with Gasteiger partial charge in [0.05, 0.1) is 19.2 Å². The number of para-hydroxylation sites is 1. The number of aliphatic hydroxyl groups excluding tert-OH is 1. The summed E-state index contributed by atoms with van der Waals surface area (Å²) in [5, 5.41) is 12.4. The van der Waals surface area contributed by atoms with E-state index < -0.39 is 23.0 Å². The van der Waals surface area contributed by atoms with Crippen molar-refractivity contribution in [2.45, 2.75) is 115 Å². The smallest absolute Gasteiger partial charge is 0.417 e. The largest absolute Gasteiger partial charge is 0.491 e. The zero-order valence-electron chi connectivity index (χ0n) is 28.0. The Morgan fingerprint density at radius 2 is 1.74 bits per heavy atom. The molecular weight excluding hydrogens is 624 g/mol. The van der Waals surface area contributed by atoms with Crippen LogP contribution in [0.1, 0.15) is 90.5 Å². The third kappa shape index (κ3) is 12.1. The second-order valence-corrected chi connectivity index (χ2v) is 14.7. The van der Waals surface area contributed by atoms with Gasteiger partial charge in [-0.2, -0.15) is 0 Å². The van der Waals surface area contributed by atoms with Crippen molar-refractivity contribution in [2.24, 2.45) is 5.92 Å². The molecule has 47 heavy (non-hydrogen) atoms. The van der Waals surface area contributed by atoms with E-state index >= 15 is 0 Å². The van der Waals surface area contributed by atoms with Gasteiger partial charge in [-0.05, 0) is 57.5 Å². The van der Waals surface area contributed by atoms with Gasteiger partial charge in [0.1, 0.15) is 29.3 Å². The standard InChI is InChI=1S/C34H52N4O8S/c1-34(2,3)46-33(43)37-17-15-27(16-18-37)45-32(42)36-47-29(21-24-9-5-4-6-10-24)31(41)35-26(23-39)13-14-30(40)38-19-20-44-28-12-8-7-11-25(28)22-38/h7-8,11-12,24,26-27,29,39H,4-6,9-10,13-23H2,1-3H3,(H,35,41)(H,36,42)/t26-,29-/m0/s1. The van der Waals surface area contributed by atoms with Gasteiger partial charge < -0.3 is 34.4 Å². The number of aliphatic hydroxyl groups is 1. The van der Waals surface area contributed by atoms with E-state index in [-0.39, 0.29) is 37.0 Å². The van der Waals surface area contributed by atoms with Crippen LogP contribution in [0.4, 0.5) is 9.59 Å². The van der Waals surface area contributed by atoms with Gasteiger partial charge in [0.25, 0.3) is 0 Å². The lowest BCUT2D eigenvalue weighted by molar-refractivity contribution is -0.132. The molecular formula is C34H52N4O8S. The van der Waals surface area contributed by atoms with Gasteiger partial charge in [-0.1, -0.05) is 50.3 Å². The lowest BCUT2D eigenvalue weighted by atomic mass is 9.86. The number of carbonyl (C=O) groups is 4. The molecule has 2 atom stereocenters. The first kappa shape index (κ1) is 36.6. The highest BCUT2D eigenvalue weighted by Crippen LogP contribution is 2.31. The molecule has 1 aromatic carbocycles. The zero-order chi connectivity index (χ0) is 33.8. The molecule has 1 saturated carbocycles. The molecule has 2 fully saturated rings. The van der Waals surface area contributed by atoms with Crippen LogP contribution in [0.2, 0.25) is 0 Å². The number of nitrogens with one attached hydrogen (secondary N) is 2. The highest BCUT2D eigenvalue weighted by molar-refractivity contribution is 7.99. The van der Waals surface area contributed by atoms with Gasteiger partial charge in [0, 0.05) is 44.5 Å². The van der Waals surface area contributed by atoms with E-state index in [1.807, 2.05) is 45.0 Å². The van der Waals surface area contributed by atoms with E-state index in [1.165, 1.54) is 6.42 Å². The molecule has 2 aliphatic heterocycles. The maximum atomic E-state index is 13.5. The number of benzene rings is 1.